The molecule has 13 heavy (non-hydrogen) atoms. The molecule has 70 valence electrons. The molecule has 1 fully saturated rings. The van der Waals surface area contributed by atoms with Gasteiger partial charge in [0.25, 0.3) is 0 Å². The average Bonchev–Trinajstić information content (AvgIpc) is 2.19. The van der Waals surface area contributed by atoms with Crippen LogP contribution in [0, 0.1) is 5.92 Å². The monoisotopic (exact) mass is 175 g/mol. The van der Waals surface area contributed by atoms with Crippen LogP contribution in [0.15, 0.2) is 30.3 Å². The van der Waals surface area contributed by atoms with Gasteiger partial charge in [0.05, 0.1) is 0 Å². The fourth-order valence-corrected chi connectivity index (χ4v) is 2.05. The first-order chi connectivity index (χ1) is 6.36. The van der Waals surface area contributed by atoms with Gasteiger partial charge in [-0.25, -0.2) is 0 Å². The average molecular weight is 175 g/mol. The molecule has 0 bridgehead atoms. The zero-order valence-electron chi connectivity index (χ0n) is 8.16. The SMILES string of the molecule is C[C@H]1CCN[C@@H](c2ccccc2)C1. The summed E-state index contributed by atoms with van der Waals surface area (Å²) < 4.78 is 0. The molecule has 1 heterocycles. The van der Waals surface area contributed by atoms with Crippen LogP contribution in [0.1, 0.15) is 31.4 Å². The summed E-state index contributed by atoms with van der Waals surface area (Å²) in [6.07, 6.45) is 2.60. The topological polar surface area (TPSA) is 12.0 Å². The Morgan fingerprint density at radius 2 is 2.00 bits per heavy atom. The zero-order valence-corrected chi connectivity index (χ0v) is 8.16. The van der Waals surface area contributed by atoms with Gasteiger partial charge >= 0.3 is 0 Å². The summed E-state index contributed by atoms with van der Waals surface area (Å²) in [6.45, 7) is 3.51. The minimum Gasteiger partial charge on any atom is -0.310 e. The Bertz CT molecular complexity index is 255. The minimum atomic E-state index is 0.588. The van der Waals surface area contributed by atoms with E-state index in [1.807, 2.05) is 0 Å². The molecule has 2 rings (SSSR count). The molecule has 1 aliphatic rings. The molecule has 1 nitrogen and oxygen atoms in total. The molecular weight excluding hydrogens is 158 g/mol. The fraction of sp³-hybridized carbons (Fsp3) is 0.500. The lowest BCUT2D eigenvalue weighted by Gasteiger charge is -2.28. The maximum absolute atomic E-state index is 3.57. The third kappa shape index (κ3) is 2.10. The number of hydrogen-bond donors (Lipinski definition) is 1. The second-order valence-corrected chi connectivity index (χ2v) is 4.05. The van der Waals surface area contributed by atoms with Crippen LogP contribution in [0.2, 0.25) is 0 Å². The van der Waals surface area contributed by atoms with Crippen LogP contribution < -0.4 is 5.32 Å². The van der Waals surface area contributed by atoms with Crippen molar-refractivity contribution in [1.29, 1.82) is 0 Å². The van der Waals surface area contributed by atoms with E-state index in [1.165, 1.54) is 24.9 Å². The molecule has 2 atom stereocenters. The Balaban J connectivity index is 2.08. The van der Waals surface area contributed by atoms with Crippen molar-refractivity contribution in [3.8, 4) is 0 Å². The molecule has 0 saturated carbocycles. The van der Waals surface area contributed by atoms with E-state index < -0.39 is 0 Å². The Hall–Kier alpha value is -0.820. The van der Waals surface area contributed by atoms with Gasteiger partial charge in [-0.05, 0) is 30.9 Å². The van der Waals surface area contributed by atoms with E-state index in [1.54, 1.807) is 0 Å². The van der Waals surface area contributed by atoms with Crippen molar-refractivity contribution >= 4 is 0 Å². The second-order valence-electron chi connectivity index (χ2n) is 4.05. The van der Waals surface area contributed by atoms with E-state index in [2.05, 4.69) is 42.6 Å². The minimum absolute atomic E-state index is 0.588. The summed E-state index contributed by atoms with van der Waals surface area (Å²) in [4.78, 5) is 0. The third-order valence-electron chi connectivity index (χ3n) is 2.87. The summed E-state index contributed by atoms with van der Waals surface area (Å²) >= 11 is 0. The Labute approximate surface area is 80.2 Å². The van der Waals surface area contributed by atoms with E-state index >= 15 is 0 Å². The molecule has 0 aromatic heterocycles. The summed E-state index contributed by atoms with van der Waals surface area (Å²) in [5.74, 6) is 0.867. The molecule has 1 aliphatic heterocycles. The molecule has 1 N–H and O–H groups in total. The Morgan fingerprint density at radius 1 is 1.23 bits per heavy atom. The van der Waals surface area contributed by atoms with Gasteiger partial charge in [0.2, 0.25) is 0 Å². The van der Waals surface area contributed by atoms with Gasteiger partial charge in [-0.15, -0.1) is 0 Å². The van der Waals surface area contributed by atoms with E-state index in [0.717, 1.165) is 5.92 Å². The van der Waals surface area contributed by atoms with Crippen molar-refractivity contribution in [1.82, 2.24) is 5.32 Å². The van der Waals surface area contributed by atoms with E-state index in [0.29, 0.717) is 6.04 Å². The predicted octanol–water partition coefficient (Wildman–Crippen LogP) is 2.75. The highest BCUT2D eigenvalue weighted by atomic mass is 14.9. The standard InChI is InChI=1S/C12H17N/c1-10-7-8-13-12(9-10)11-5-3-2-4-6-11/h2-6,10,12-13H,7-9H2,1H3/t10-,12+/m0/s1. The summed E-state index contributed by atoms with van der Waals surface area (Å²) in [7, 11) is 0. The maximum Gasteiger partial charge on any atom is 0.0322 e. The lowest BCUT2D eigenvalue weighted by molar-refractivity contribution is 0.325. The van der Waals surface area contributed by atoms with Gasteiger partial charge in [0.15, 0.2) is 0 Å². The lowest BCUT2D eigenvalue weighted by Crippen LogP contribution is -2.30. The zero-order chi connectivity index (χ0) is 9.10. The highest BCUT2D eigenvalue weighted by molar-refractivity contribution is 5.19. The molecule has 0 unspecified atom stereocenters. The molecule has 0 aliphatic carbocycles. The maximum atomic E-state index is 3.57. The van der Waals surface area contributed by atoms with Crippen LogP contribution in [0.5, 0.6) is 0 Å². The van der Waals surface area contributed by atoms with E-state index in [-0.39, 0.29) is 0 Å². The number of rotatable bonds is 1. The largest absolute Gasteiger partial charge is 0.310 e. The van der Waals surface area contributed by atoms with E-state index in [4.69, 9.17) is 0 Å². The molecule has 1 heteroatoms. The van der Waals surface area contributed by atoms with Crippen molar-refractivity contribution in [3.63, 3.8) is 0 Å². The van der Waals surface area contributed by atoms with Crippen LogP contribution in [0.25, 0.3) is 0 Å². The van der Waals surface area contributed by atoms with Gasteiger partial charge in [-0.3, -0.25) is 0 Å². The molecule has 0 spiro atoms. The molecular formula is C12H17N. The Morgan fingerprint density at radius 3 is 2.69 bits per heavy atom. The number of piperidine rings is 1. The summed E-state index contributed by atoms with van der Waals surface area (Å²) in [5.41, 5.74) is 1.44. The van der Waals surface area contributed by atoms with Crippen LogP contribution in [-0.2, 0) is 0 Å². The molecule has 0 amide bonds. The normalized spacial score (nSPS) is 28.7. The summed E-state index contributed by atoms with van der Waals surface area (Å²) in [6, 6.07) is 11.3. The molecule has 0 radical (unpaired) electrons. The van der Waals surface area contributed by atoms with Gasteiger partial charge in [0.1, 0.15) is 0 Å². The Kier molecular flexibility index (Phi) is 2.65. The van der Waals surface area contributed by atoms with Crippen LogP contribution in [0.3, 0.4) is 0 Å². The van der Waals surface area contributed by atoms with Gasteiger partial charge < -0.3 is 5.32 Å². The fourth-order valence-electron chi connectivity index (χ4n) is 2.05. The first-order valence-corrected chi connectivity index (χ1v) is 5.14. The smallest absolute Gasteiger partial charge is 0.0322 e. The third-order valence-corrected chi connectivity index (χ3v) is 2.87. The van der Waals surface area contributed by atoms with Crippen molar-refractivity contribution in [2.24, 2.45) is 5.92 Å². The molecule has 1 aromatic rings. The van der Waals surface area contributed by atoms with Crippen LogP contribution >= 0.6 is 0 Å². The summed E-state index contributed by atoms with van der Waals surface area (Å²) in [5, 5.41) is 3.57. The van der Waals surface area contributed by atoms with Crippen molar-refractivity contribution < 1.29 is 0 Å². The lowest BCUT2D eigenvalue weighted by atomic mass is 9.90. The predicted molar refractivity (Wildman–Crippen MR) is 55.6 cm³/mol. The highest BCUT2D eigenvalue weighted by Gasteiger charge is 2.18. The first kappa shape index (κ1) is 8.76. The number of benzene rings is 1. The van der Waals surface area contributed by atoms with Crippen LogP contribution in [0.4, 0.5) is 0 Å². The number of hydrogen-bond acceptors (Lipinski definition) is 1. The van der Waals surface area contributed by atoms with Crippen LogP contribution in [-0.4, -0.2) is 6.54 Å². The van der Waals surface area contributed by atoms with Gasteiger partial charge in [0, 0.05) is 6.04 Å². The van der Waals surface area contributed by atoms with Gasteiger partial charge in [-0.1, -0.05) is 37.3 Å². The van der Waals surface area contributed by atoms with Crippen molar-refractivity contribution in [2.45, 2.75) is 25.8 Å². The van der Waals surface area contributed by atoms with Gasteiger partial charge in [-0.2, -0.15) is 0 Å². The molecule has 1 saturated heterocycles. The highest BCUT2D eigenvalue weighted by Crippen LogP contribution is 2.26. The first-order valence-electron chi connectivity index (χ1n) is 5.14. The van der Waals surface area contributed by atoms with Crippen molar-refractivity contribution in [3.05, 3.63) is 35.9 Å². The van der Waals surface area contributed by atoms with Crippen molar-refractivity contribution in [2.75, 3.05) is 6.54 Å². The molecule has 1 aromatic carbocycles. The quantitative estimate of drug-likeness (QED) is 0.692. The number of nitrogens with one attached hydrogen (secondary N) is 1. The second kappa shape index (κ2) is 3.93. The van der Waals surface area contributed by atoms with E-state index in [9.17, 15) is 0 Å².